The van der Waals surface area contributed by atoms with Gasteiger partial charge in [0.1, 0.15) is 0 Å². The molecule has 1 fully saturated rings. The van der Waals surface area contributed by atoms with Crippen molar-refractivity contribution < 1.29 is 27.0 Å². The molecule has 1 heterocycles. The summed E-state index contributed by atoms with van der Waals surface area (Å²) in [6.45, 7) is 0. The predicted molar refractivity (Wildman–Crippen MR) is 124 cm³/mol. The van der Waals surface area contributed by atoms with Gasteiger partial charge in [-0.15, -0.1) is 11.3 Å². The van der Waals surface area contributed by atoms with E-state index in [1.807, 2.05) is 0 Å². The van der Waals surface area contributed by atoms with Gasteiger partial charge in [0.2, 0.25) is 0 Å². The average Bonchev–Trinajstić information content (AvgIpc) is 3.47. The van der Waals surface area contributed by atoms with E-state index in [-0.39, 0.29) is 27.0 Å². The van der Waals surface area contributed by atoms with Gasteiger partial charge in [0.05, 0.1) is 19.8 Å². The Morgan fingerprint density at radius 3 is 2.31 bits per heavy atom. The fourth-order valence-electron chi connectivity index (χ4n) is 3.39. The van der Waals surface area contributed by atoms with Gasteiger partial charge >= 0.3 is 0 Å². The van der Waals surface area contributed by atoms with Gasteiger partial charge in [-0.3, -0.25) is 4.72 Å². The molecule has 0 atom stereocenters. The normalized spacial score (nSPS) is 14.7. The molecule has 1 saturated carbocycles. The first-order chi connectivity index (χ1) is 15.0. The van der Waals surface area contributed by atoms with Crippen molar-refractivity contribution in [1.29, 1.82) is 0 Å². The molecule has 0 radical (unpaired) electrons. The molecule has 3 N–H and O–H groups in total. The number of hydrogen-bond donors (Lipinski definition) is 3. The summed E-state index contributed by atoms with van der Waals surface area (Å²) in [5.41, 5.74) is 1.19. The van der Waals surface area contributed by atoms with Crippen LogP contribution in [0.3, 0.4) is 0 Å². The molecule has 0 aliphatic heterocycles. The van der Waals surface area contributed by atoms with Crippen molar-refractivity contribution in [2.75, 3.05) is 11.0 Å². The number of hydrogen-bond acceptors (Lipinski definition) is 7. The zero-order valence-corrected chi connectivity index (χ0v) is 20.0. The van der Waals surface area contributed by atoms with Crippen LogP contribution in [0.2, 0.25) is 4.34 Å². The van der Waals surface area contributed by atoms with Crippen molar-refractivity contribution in [3.63, 3.8) is 0 Å². The van der Waals surface area contributed by atoms with Gasteiger partial charge < -0.3 is 10.2 Å². The van der Waals surface area contributed by atoms with E-state index < -0.39 is 26.2 Å². The Balaban J connectivity index is 1.85. The molecule has 0 saturated heterocycles. The monoisotopic (exact) mass is 513 g/mol. The standard InChI is InChI=1S/C21H20ClNO6S3/c1-31(26,27)14-5-7-16(18-8-9-20(22)30-18)17(11-14)23-32(28,29)19-10-13(21(24)25)4-6-15(19)12-2-3-12/h4-12,21,23-25H,2-3H2,1H3. The van der Waals surface area contributed by atoms with Crippen molar-refractivity contribution in [2.24, 2.45) is 0 Å². The van der Waals surface area contributed by atoms with Crippen molar-refractivity contribution in [3.8, 4) is 10.4 Å². The SMILES string of the molecule is CS(=O)(=O)c1ccc(-c2ccc(Cl)s2)c(NS(=O)(=O)c2cc(C(O)O)ccc2C2CC2)c1. The molecule has 0 spiro atoms. The van der Waals surface area contributed by atoms with Crippen molar-refractivity contribution in [3.05, 3.63) is 64.0 Å². The number of anilines is 1. The van der Waals surface area contributed by atoms with Gasteiger partial charge in [-0.2, -0.15) is 0 Å². The van der Waals surface area contributed by atoms with Crippen LogP contribution in [-0.4, -0.2) is 33.3 Å². The van der Waals surface area contributed by atoms with Crippen molar-refractivity contribution >= 4 is 48.5 Å². The summed E-state index contributed by atoms with van der Waals surface area (Å²) in [6, 6.07) is 11.9. The smallest absolute Gasteiger partial charge is 0.262 e. The number of halogens is 1. The molecule has 1 aliphatic rings. The zero-order valence-electron chi connectivity index (χ0n) is 16.8. The summed E-state index contributed by atoms with van der Waals surface area (Å²) in [5.74, 6) is 0.0735. The Morgan fingerprint density at radius 2 is 1.75 bits per heavy atom. The highest BCUT2D eigenvalue weighted by molar-refractivity contribution is 7.92. The number of sulfone groups is 1. The topological polar surface area (TPSA) is 121 Å². The number of sulfonamides is 1. The number of thiophene rings is 1. The molecule has 7 nitrogen and oxygen atoms in total. The molecule has 32 heavy (non-hydrogen) atoms. The molecule has 0 unspecified atom stereocenters. The average molecular weight is 514 g/mol. The third-order valence-electron chi connectivity index (χ3n) is 5.14. The summed E-state index contributed by atoms with van der Waals surface area (Å²) in [4.78, 5) is 0.559. The first kappa shape index (κ1) is 23.2. The number of rotatable bonds is 7. The van der Waals surface area contributed by atoms with Crippen LogP contribution in [0.5, 0.6) is 0 Å². The van der Waals surface area contributed by atoms with E-state index in [4.69, 9.17) is 11.6 Å². The Morgan fingerprint density at radius 1 is 1.03 bits per heavy atom. The maximum Gasteiger partial charge on any atom is 0.262 e. The molecule has 0 amide bonds. The summed E-state index contributed by atoms with van der Waals surface area (Å²) >= 11 is 7.27. The minimum atomic E-state index is -4.19. The van der Waals surface area contributed by atoms with E-state index in [1.165, 1.54) is 41.7 Å². The zero-order chi connectivity index (χ0) is 23.3. The van der Waals surface area contributed by atoms with Crippen LogP contribution in [0.25, 0.3) is 10.4 Å². The summed E-state index contributed by atoms with van der Waals surface area (Å²) < 4.78 is 54.1. The third-order valence-corrected chi connectivity index (χ3v) is 8.94. The van der Waals surface area contributed by atoms with Crippen molar-refractivity contribution in [1.82, 2.24) is 0 Å². The Labute approximate surface area is 195 Å². The van der Waals surface area contributed by atoms with Crippen molar-refractivity contribution in [2.45, 2.75) is 34.8 Å². The molecule has 2 aromatic carbocycles. The Hall–Kier alpha value is -1.95. The lowest BCUT2D eigenvalue weighted by Crippen LogP contribution is -2.16. The highest BCUT2D eigenvalue weighted by Gasteiger charge is 2.31. The van der Waals surface area contributed by atoms with Crippen LogP contribution in [0.1, 0.15) is 36.2 Å². The number of benzene rings is 2. The predicted octanol–water partition coefficient (Wildman–Crippen LogP) is 4.13. The largest absolute Gasteiger partial charge is 0.364 e. The number of aliphatic hydroxyl groups is 2. The lowest BCUT2D eigenvalue weighted by Gasteiger charge is -2.17. The van der Waals surface area contributed by atoms with E-state index in [9.17, 15) is 27.0 Å². The van der Waals surface area contributed by atoms with Gasteiger partial charge in [0.15, 0.2) is 16.1 Å². The van der Waals surface area contributed by atoms with Crippen LogP contribution < -0.4 is 4.72 Å². The van der Waals surface area contributed by atoms with E-state index >= 15 is 0 Å². The van der Waals surface area contributed by atoms with E-state index in [0.29, 0.717) is 20.3 Å². The van der Waals surface area contributed by atoms with Crippen LogP contribution in [0.15, 0.2) is 58.3 Å². The molecule has 3 aromatic rings. The van der Waals surface area contributed by atoms with Gasteiger partial charge in [-0.05, 0) is 54.7 Å². The molecule has 1 aliphatic carbocycles. The Kier molecular flexibility index (Phi) is 6.12. The summed E-state index contributed by atoms with van der Waals surface area (Å²) in [7, 11) is -7.78. The minimum absolute atomic E-state index is 0.0384. The highest BCUT2D eigenvalue weighted by atomic mass is 35.5. The van der Waals surface area contributed by atoms with Crippen LogP contribution in [0, 0.1) is 0 Å². The van der Waals surface area contributed by atoms with Crippen LogP contribution in [-0.2, 0) is 19.9 Å². The van der Waals surface area contributed by atoms with E-state index in [1.54, 1.807) is 18.2 Å². The molecule has 170 valence electrons. The van der Waals surface area contributed by atoms with Crippen LogP contribution in [0.4, 0.5) is 5.69 Å². The highest BCUT2D eigenvalue weighted by Crippen LogP contribution is 2.44. The molecular formula is C21H20ClNO6S3. The molecule has 4 rings (SSSR count). The molecular weight excluding hydrogens is 494 g/mol. The second kappa shape index (κ2) is 8.44. The van der Waals surface area contributed by atoms with Gasteiger partial charge in [-0.25, -0.2) is 16.8 Å². The van der Waals surface area contributed by atoms with E-state index in [0.717, 1.165) is 19.1 Å². The third kappa shape index (κ3) is 4.85. The van der Waals surface area contributed by atoms with Gasteiger partial charge in [0, 0.05) is 22.3 Å². The van der Waals surface area contributed by atoms with Crippen LogP contribution >= 0.6 is 22.9 Å². The first-order valence-corrected chi connectivity index (χ1v) is 14.2. The molecule has 11 heteroatoms. The number of aliphatic hydroxyl groups excluding tert-OH is 1. The quantitative estimate of drug-likeness (QED) is 0.408. The van der Waals surface area contributed by atoms with Gasteiger partial charge in [-0.1, -0.05) is 29.8 Å². The molecule has 1 aromatic heterocycles. The Bertz CT molecular complexity index is 1390. The minimum Gasteiger partial charge on any atom is -0.364 e. The fraction of sp³-hybridized carbons (Fsp3) is 0.238. The van der Waals surface area contributed by atoms with Gasteiger partial charge in [0.25, 0.3) is 10.0 Å². The lowest BCUT2D eigenvalue weighted by atomic mass is 10.1. The lowest BCUT2D eigenvalue weighted by molar-refractivity contribution is -0.0426. The summed E-state index contributed by atoms with van der Waals surface area (Å²) in [5, 5.41) is 19.1. The second-order valence-corrected chi connectivity index (χ2v) is 13.0. The molecule has 0 bridgehead atoms. The maximum atomic E-state index is 13.4. The maximum absolute atomic E-state index is 13.4. The number of nitrogens with one attached hydrogen (secondary N) is 1. The van der Waals surface area contributed by atoms with E-state index in [2.05, 4.69) is 4.72 Å². The summed E-state index contributed by atoms with van der Waals surface area (Å²) in [6.07, 6.45) is 0.895. The second-order valence-electron chi connectivity index (χ2n) is 7.63. The first-order valence-electron chi connectivity index (χ1n) is 9.58. The fourth-order valence-corrected chi connectivity index (χ4v) is 6.52.